The Hall–Kier alpha value is -2.57. The normalized spacial score (nSPS) is 17.7. The molecule has 0 aliphatic carbocycles. The van der Waals surface area contributed by atoms with Gasteiger partial charge in [-0.05, 0) is 31.4 Å². The number of nitrogens with zero attached hydrogens (tertiary/aromatic N) is 3. The summed E-state index contributed by atoms with van der Waals surface area (Å²) in [5.41, 5.74) is 1.19. The summed E-state index contributed by atoms with van der Waals surface area (Å²) >= 11 is 0. The lowest BCUT2D eigenvalue weighted by Gasteiger charge is -2.36. The molecule has 3 rings (SSSR count). The Bertz CT molecular complexity index is 708. The molecule has 0 unspecified atom stereocenters. The maximum Gasteiger partial charge on any atom is 0.224 e. The zero-order valence-electron chi connectivity index (χ0n) is 18.0. The summed E-state index contributed by atoms with van der Waals surface area (Å²) in [5.74, 6) is 0.247. The van der Waals surface area contributed by atoms with Gasteiger partial charge >= 0.3 is 0 Å². The Morgan fingerprint density at radius 3 is 2.10 bits per heavy atom. The maximum absolute atomic E-state index is 12.5. The second-order valence-corrected chi connectivity index (χ2v) is 8.15. The second kappa shape index (κ2) is 11.0. The van der Waals surface area contributed by atoms with Crippen LogP contribution in [0.3, 0.4) is 0 Å². The van der Waals surface area contributed by atoms with Crippen molar-refractivity contribution in [2.75, 3.05) is 50.7 Å². The third-order valence-corrected chi connectivity index (χ3v) is 6.07. The molecule has 30 heavy (non-hydrogen) atoms. The first-order chi connectivity index (χ1) is 14.6. The molecule has 1 aromatic carbocycles. The first-order valence-corrected chi connectivity index (χ1v) is 11.2. The largest absolute Gasteiger partial charge is 0.368 e. The van der Waals surface area contributed by atoms with Gasteiger partial charge in [-0.25, -0.2) is 0 Å². The molecular formula is C23H34N4O3. The van der Waals surface area contributed by atoms with Gasteiger partial charge in [-0.2, -0.15) is 0 Å². The Morgan fingerprint density at radius 2 is 1.47 bits per heavy atom. The van der Waals surface area contributed by atoms with Crippen molar-refractivity contribution in [1.82, 2.24) is 15.1 Å². The van der Waals surface area contributed by atoms with Crippen LogP contribution in [0.25, 0.3) is 0 Å². The van der Waals surface area contributed by atoms with Crippen molar-refractivity contribution < 1.29 is 14.4 Å². The van der Waals surface area contributed by atoms with Crippen LogP contribution in [0, 0.1) is 5.92 Å². The lowest BCUT2D eigenvalue weighted by molar-refractivity contribution is -0.136. The molecule has 164 valence electrons. The molecule has 0 bridgehead atoms. The van der Waals surface area contributed by atoms with Crippen LogP contribution in [0.4, 0.5) is 5.69 Å². The molecule has 2 fully saturated rings. The summed E-state index contributed by atoms with van der Waals surface area (Å²) in [5, 5.41) is 2.93. The van der Waals surface area contributed by atoms with Gasteiger partial charge in [0.05, 0.1) is 0 Å². The Morgan fingerprint density at radius 1 is 0.867 bits per heavy atom. The SMILES string of the molecule is CCCC(=O)N1CCC(C(=O)NCCC(=O)N2CCN(c3ccccc3)CC2)CC1. The molecule has 1 N–H and O–H groups in total. The molecule has 0 saturated carbocycles. The summed E-state index contributed by atoms with van der Waals surface area (Å²) in [4.78, 5) is 42.9. The molecule has 0 atom stereocenters. The number of carbonyl (C=O) groups is 3. The Labute approximate surface area is 179 Å². The highest BCUT2D eigenvalue weighted by atomic mass is 16.2. The molecule has 7 heteroatoms. The van der Waals surface area contributed by atoms with Gasteiger partial charge in [0.2, 0.25) is 17.7 Å². The number of benzene rings is 1. The highest BCUT2D eigenvalue weighted by Crippen LogP contribution is 2.19. The summed E-state index contributed by atoms with van der Waals surface area (Å²) in [6, 6.07) is 10.3. The van der Waals surface area contributed by atoms with Crippen molar-refractivity contribution in [3.8, 4) is 0 Å². The van der Waals surface area contributed by atoms with Crippen molar-refractivity contribution in [3.63, 3.8) is 0 Å². The summed E-state index contributed by atoms with van der Waals surface area (Å²) in [6.45, 7) is 6.78. The predicted molar refractivity (Wildman–Crippen MR) is 117 cm³/mol. The minimum atomic E-state index is -0.0554. The van der Waals surface area contributed by atoms with E-state index in [9.17, 15) is 14.4 Å². The number of likely N-dealkylation sites (tertiary alicyclic amines) is 1. The van der Waals surface area contributed by atoms with E-state index in [4.69, 9.17) is 0 Å². The van der Waals surface area contributed by atoms with Gasteiger partial charge in [-0.15, -0.1) is 0 Å². The first-order valence-electron chi connectivity index (χ1n) is 11.2. The van der Waals surface area contributed by atoms with Crippen LogP contribution < -0.4 is 10.2 Å². The number of anilines is 1. The van der Waals surface area contributed by atoms with E-state index in [1.54, 1.807) is 0 Å². The zero-order valence-corrected chi connectivity index (χ0v) is 18.0. The van der Waals surface area contributed by atoms with Crippen LogP contribution in [0.2, 0.25) is 0 Å². The van der Waals surface area contributed by atoms with E-state index in [-0.39, 0.29) is 23.6 Å². The van der Waals surface area contributed by atoms with Crippen LogP contribution in [-0.4, -0.2) is 73.3 Å². The fraction of sp³-hybridized carbons (Fsp3) is 0.609. The third-order valence-electron chi connectivity index (χ3n) is 6.07. The predicted octanol–water partition coefficient (Wildman–Crippen LogP) is 1.88. The summed E-state index contributed by atoms with van der Waals surface area (Å²) < 4.78 is 0. The molecule has 2 aliphatic rings. The zero-order chi connectivity index (χ0) is 21.3. The molecule has 3 amide bonds. The molecule has 7 nitrogen and oxygen atoms in total. The van der Waals surface area contributed by atoms with Crippen LogP contribution in [0.1, 0.15) is 39.0 Å². The maximum atomic E-state index is 12.5. The van der Waals surface area contributed by atoms with E-state index in [2.05, 4.69) is 22.3 Å². The fourth-order valence-electron chi connectivity index (χ4n) is 4.21. The smallest absolute Gasteiger partial charge is 0.224 e. The van der Waals surface area contributed by atoms with Crippen LogP contribution in [0.5, 0.6) is 0 Å². The number of para-hydroxylation sites is 1. The molecule has 0 aromatic heterocycles. The first kappa shape index (κ1) is 22.1. The van der Waals surface area contributed by atoms with Gasteiger partial charge in [0.1, 0.15) is 0 Å². The minimum absolute atomic E-state index is 0.0132. The number of piperidine rings is 1. The van der Waals surface area contributed by atoms with Crippen molar-refractivity contribution >= 4 is 23.4 Å². The van der Waals surface area contributed by atoms with Crippen molar-refractivity contribution in [1.29, 1.82) is 0 Å². The Kier molecular flexibility index (Phi) is 8.11. The molecule has 2 heterocycles. The van der Waals surface area contributed by atoms with Crippen molar-refractivity contribution in [3.05, 3.63) is 30.3 Å². The van der Waals surface area contributed by atoms with Gasteiger partial charge in [-0.3, -0.25) is 14.4 Å². The second-order valence-electron chi connectivity index (χ2n) is 8.15. The Balaban J connectivity index is 1.32. The number of carbonyl (C=O) groups excluding carboxylic acids is 3. The van der Waals surface area contributed by atoms with E-state index < -0.39 is 0 Å². The quantitative estimate of drug-likeness (QED) is 0.739. The molecule has 1 aromatic rings. The molecule has 0 radical (unpaired) electrons. The highest BCUT2D eigenvalue weighted by molar-refractivity contribution is 5.81. The average Bonchev–Trinajstić information content (AvgIpc) is 2.80. The van der Waals surface area contributed by atoms with E-state index in [1.165, 1.54) is 5.69 Å². The van der Waals surface area contributed by atoms with Gasteiger partial charge < -0.3 is 20.0 Å². The van der Waals surface area contributed by atoms with E-state index in [1.807, 2.05) is 34.9 Å². The molecule has 2 aliphatic heterocycles. The lowest BCUT2D eigenvalue weighted by atomic mass is 9.95. The van der Waals surface area contributed by atoms with Gasteiger partial charge in [0.25, 0.3) is 0 Å². The van der Waals surface area contributed by atoms with Crippen LogP contribution in [-0.2, 0) is 14.4 Å². The van der Waals surface area contributed by atoms with Gasteiger partial charge in [-0.1, -0.05) is 25.1 Å². The average molecular weight is 415 g/mol. The van der Waals surface area contributed by atoms with E-state index >= 15 is 0 Å². The number of nitrogens with one attached hydrogen (secondary N) is 1. The highest BCUT2D eigenvalue weighted by Gasteiger charge is 2.27. The molecule has 2 saturated heterocycles. The summed E-state index contributed by atoms with van der Waals surface area (Å²) in [6.07, 6.45) is 3.19. The molecule has 0 spiro atoms. The van der Waals surface area contributed by atoms with Gasteiger partial charge in [0.15, 0.2) is 0 Å². The van der Waals surface area contributed by atoms with E-state index in [0.717, 1.165) is 19.5 Å². The van der Waals surface area contributed by atoms with Crippen LogP contribution in [0.15, 0.2) is 30.3 Å². The number of amides is 3. The number of rotatable bonds is 7. The fourth-order valence-corrected chi connectivity index (χ4v) is 4.21. The molecular weight excluding hydrogens is 380 g/mol. The number of hydrogen-bond donors (Lipinski definition) is 1. The lowest BCUT2D eigenvalue weighted by Crippen LogP contribution is -2.49. The standard InChI is InChI=1S/C23H34N4O3/c1-2-6-21(28)26-13-10-19(11-14-26)23(30)24-12-9-22(29)27-17-15-25(16-18-27)20-7-4-3-5-8-20/h3-5,7-8,19H,2,6,9-18H2,1H3,(H,24,30). The van der Waals surface area contributed by atoms with Crippen molar-refractivity contribution in [2.45, 2.75) is 39.0 Å². The van der Waals surface area contributed by atoms with Crippen molar-refractivity contribution in [2.24, 2.45) is 5.92 Å². The third kappa shape index (κ3) is 5.97. The minimum Gasteiger partial charge on any atom is -0.368 e. The van der Waals surface area contributed by atoms with Gasteiger partial charge in [0, 0.05) is 70.3 Å². The monoisotopic (exact) mass is 414 g/mol. The summed E-state index contributed by atoms with van der Waals surface area (Å²) in [7, 11) is 0. The van der Waals surface area contributed by atoms with E-state index in [0.29, 0.717) is 58.4 Å². The topological polar surface area (TPSA) is 73.0 Å². The number of hydrogen-bond acceptors (Lipinski definition) is 4. The van der Waals surface area contributed by atoms with Crippen LogP contribution >= 0.6 is 0 Å². The number of piperazine rings is 1.